The Bertz CT molecular complexity index is 260. The highest BCUT2D eigenvalue weighted by atomic mass is 16.1. The number of carbonyl (C=O) groups excluding carboxylic acids is 1. The predicted molar refractivity (Wildman–Crippen MR) is 53.4 cm³/mol. The predicted octanol–water partition coefficient (Wildman–Crippen LogP) is 3.10. The standard InChI is InChI=1S/C12H18O/c1-12(2)8-11(13)9-6-4-3-5-7-10(9)12/h6,10H,3-5,7-8H2,1-2H3/t10-/m0/s1. The van der Waals surface area contributed by atoms with Crippen molar-refractivity contribution in [2.24, 2.45) is 11.3 Å². The largest absolute Gasteiger partial charge is 0.295 e. The molecule has 0 aromatic carbocycles. The fourth-order valence-corrected chi connectivity index (χ4v) is 2.81. The van der Waals surface area contributed by atoms with E-state index in [1.165, 1.54) is 19.3 Å². The average Bonchev–Trinajstić information content (AvgIpc) is 2.28. The molecule has 13 heavy (non-hydrogen) atoms. The lowest BCUT2D eigenvalue weighted by atomic mass is 9.78. The number of rotatable bonds is 0. The molecule has 2 aliphatic rings. The van der Waals surface area contributed by atoms with Gasteiger partial charge in [-0.05, 0) is 36.2 Å². The third kappa shape index (κ3) is 1.45. The molecule has 1 atom stereocenters. The summed E-state index contributed by atoms with van der Waals surface area (Å²) in [5.74, 6) is 0.972. The molecular weight excluding hydrogens is 160 g/mol. The van der Waals surface area contributed by atoms with Crippen LogP contribution in [0.5, 0.6) is 0 Å². The van der Waals surface area contributed by atoms with Crippen molar-refractivity contribution in [2.45, 2.75) is 46.0 Å². The van der Waals surface area contributed by atoms with E-state index in [9.17, 15) is 4.79 Å². The Balaban J connectivity index is 2.33. The van der Waals surface area contributed by atoms with Gasteiger partial charge in [-0.2, -0.15) is 0 Å². The highest BCUT2D eigenvalue weighted by Crippen LogP contribution is 2.47. The summed E-state index contributed by atoms with van der Waals surface area (Å²) < 4.78 is 0. The highest BCUT2D eigenvalue weighted by Gasteiger charge is 2.43. The zero-order chi connectivity index (χ0) is 9.47. The van der Waals surface area contributed by atoms with Crippen LogP contribution in [0.25, 0.3) is 0 Å². The smallest absolute Gasteiger partial charge is 0.159 e. The van der Waals surface area contributed by atoms with Gasteiger partial charge in [-0.25, -0.2) is 0 Å². The maximum absolute atomic E-state index is 11.7. The van der Waals surface area contributed by atoms with Gasteiger partial charge < -0.3 is 0 Å². The second-order valence-electron chi connectivity index (χ2n) is 5.09. The van der Waals surface area contributed by atoms with Crippen LogP contribution in [-0.4, -0.2) is 5.78 Å². The van der Waals surface area contributed by atoms with Crippen molar-refractivity contribution >= 4 is 5.78 Å². The summed E-state index contributed by atoms with van der Waals surface area (Å²) in [7, 11) is 0. The molecule has 0 aliphatic heterocycles. The van der Waals surface area contributed by atoms with Gasteiger partial charge in [0.1, 0.15) is 0 Å². The topological polar surface area (TPSA) is 17.1 Å². The number of carbonyl (C=O) groups is 1. The average molecular weight is 178 g/mol. The molecule has 1 heteroatoms. The molecule has 0 amide bonds. The zero-order valence-electron chi connectivity index (χ0n) is 8.60. The Labute approximate surface area is 80.2 Å². The minimum Gasteiger partial charge on any atom is -0.295 e. The molecule has 0 radical (unpaired) electrons. The number of allylic oxidation sites excluding steroid dienone is 2. The molecule has 1 saturated carbocycles. The van der Waals surface area contributed by atoms with E-state index in [0.717, 1.165) is 18.4 Å². The van der Waals surface area contributed by atoms with Crippen LogP contribution in [0, 0.1) is 11.3 Å². The van der Waals surface area contributed by atoms with Crippen molar-refractivity contribution in [1.82, 2.24) is 0 Å². The van der Waals surface area contributed by atoms with Gasteiger partial charge in [-0.3, -0.25) is 4.79 Å². The van der Waals surface area contributed by atoms with Crippen LogP contribution in [-0.2, 0) is 4.79 Å². The highest BCUT2D eigenvalue weighted by molar-refractivity contribution is 5.99. The Morgan fingerprint density at radius 2 is 2.15 bits per heavy atom. The van der Waals surface area contributed by atoms with E-state index in [0.29, 0.717) is 11.7 Å². The molecule has 2 aliphatic carbocycles. The second kappa shape index (κ2) is 2.97. The molecule has 0 spiro atoms. The SMILES string of the molecule is CC1(C)CC(=O)C2=CCCCC[C@@H]21. The summed E-state index contributed by atoms with van der Waals surface area (Å²) in [6.45, 7) is 4.48. The van der Waals surface area contributed by atoms with E-state index in [1.807, 2.05) is 0 Å². The quantitative estimate of drug-likeness (QED) is 0.557. The zero-order valence-corrected chi connectivity index (χ0v) is 8.60. The molecule has 0 N–H and O–H groups in total. The van der Waals surface area contributed by atoms with E-state index in [2.05, 4.69) is 19.9 Å². The van der Waals surface area contributed by atoms with Gasteiger partial charge in [-0.1, -0.05) is 26.3 Å². The summed E-state index contributed by atoms with van der Waals surface area (Å²) in [5.41, 5.74) is 1.38. The third-order valence-electron chi connectivity index (χ3n) is 3.57. The summed E-state index contributed by atoms with van der Waals surface area (Å²) in [6, 6.07) is 0. The van der Waals surface area contributed by atoms with E-state index >= 15 is 0 Å². The first-order valence-electron chi connectivity index (χ1n) is 5.34. The molecule has 0 saturated heterocycles. The van der Waals surface area contributed by atoms with Crippen molar-refractivity contribution in [1.29, 1.82) is 0 Å². The lowest BCUT2D eigenvalue weighted by Crippen LogP contribution is -2.17. The molecule has 1 fully saturated rings. The maximum Gasteiger partial charge on any atom is 0.159 e. The lowest BCUT2D eigenvalue weighted by molar-refractivity contribution is -0.115. The first-order valence-corrected chi connectivity index (χ1v) is 5.34. The number of fused-ring (bicyclic) bond motifs is 1. The number of ketones is 1. The number of Topliss-reactive ketones (excluding diaryl/α,β-unsaturated/α-hetero) is 1. The van der Waals surface area contributed by atoms with Crippen molar-refractivity contribution < 1.29 is 4.79 Å². The molecule has 1 nitrogen and oxygen atoms in total. The van der Waals surface area contributed by atoms with Crippen LogP contribution >= 0.6 is 0 Å². The molecule has 0 aromatic rings. The number of hydrogen-bond acceptors (Lipinski definition) is 1. The summed E-state index contributed by atoms with van der Waals surface area (Å²) in [5, 5.41) is 0. The normalized spacial score (nSPS) is 32.3. The van der Waals surface area contributed by atoms with Crippen molar-refractivity contribution in [3.63, 3.8) is 0 Å². The van der Waals surface area contributed by atoms with Gasteiger partial charge in [-0.15, -0.1) is 0 Å². The molecule has 0 bridgehead atoms. The minimum absolute atomic E-state index is 0.229. The molecular formula is C12H18O. The van der Waals surface area contributed by atoms with Gasteiger partial charge in [0.25, 0.3) is 0 Å². The van der Waals surface area contributed by atoms with Crippen LogP contribution in [0.4, 0.5) is 0 Å². The Morgan fingerprint density at radius 3 is 2.92 bits per heavy atom. The molecule has 72 valence electrons. The Morgan fingerprint density at radius 1 is 1.38 bits per heavy atom. The van der Waals surface area contributed by atoms with Gasteiger partial charge in [0.15, 0.2) is 5.78 Å². The fraction of sp³-hybridized carbons (Fsp3) is 0.750. The summed E-state index contributed by atoms with van der Waals surface area (Å²) in [6.07, 6.45) is 7.88. The molecule has 0 heterocycles. The van der Waals surface area contributed by atoms with E-state index < -0.39 is 0 Å². The molecule has 2 rings (SSSR count). The fourth-order valence-electron chi connectivity index (χ4n) is 2.81. The summed E-state index contributed by atoms with van der Waals surface area (Å²) in [4.78, 5) is 11.7. The van der Waals surface area contributed by atoms with Gasteiger partial charge >= 0.3 is 0 Å². The molecule has 0 aromatic heterocycles. The lowest BCUT2D eigenvalue weighted by Gasteiger charge is -2.25. The second-order valence-corrected chi connectivity index (χ2v) is 5.09. The van der Waals surface area contributed by atoms with Crippen LogP contribution in [0.2, 0.25) is 0 Å². The van der Waals surface area contributed by atoms with Crippen molar-refractivity contribution in [3.8, 4) is 0 Å². The molecule has 0 unspecified atom stereocenters. The van der Waals surface area contributed by atoms with Crippen molar-refractivity contribution in [2.75, 3.05) is 0 Å². The van der Waals surface area contributed by atoms with Gasteiger partial charge in [0.05, 0.1) is 0 Å². The van der Waals surface area contributed by atoms with E-state index in [4.69, 9.17) is 0 Å². The van der Waals surface area contributed by atoms with Crippen LogP contribution in [0.1, 0.15) is 46.0 Å². The van der Waals surface area contributed by atoms with Crippen LogP contribution in [0.15, 0.2) is 11.6 Å². The van der Waals surface area contributed by atoms with E-state index in [-0.39, 0.29) is 5.41 Å². The van der Waals surface area contributed by atoms with Gasteiger partial charge in [0.2, 0.25) is 0 Å². The maximum atomic E-state index is 11.7. The third-order valence-corrected chi connectivity index (χ3v) is 3.57. The number of hydrogen-bond donors (Lipinski definition) is 0. The van der Waals surface area contributed by atoms with E-state index in [1.54, 1.807) is 0 Å². The monoisotopic (exact) mass is 178 g/mol. The Kier molecular flexibility index (Phi) is 2.05. The van der Waals surface area contributed by atoms with Gasteiger partial charge in [0, 0.05) is 6.42 Å². The van der Waals surface area contributed by atoms with Crippen molar-refractivity contribution in [3.05, 3.63) is 11.6 Å². The minimum atomic E-state index is 0.229. The first-order chi connectivity index (χ1) is 6.11. The Hall–Kier alpha value is -0.590. The van der Waals surface area contributed by atoms with Crippen LogP contribution in [0.3, 0.4) is 0 Å². The first kappa shape index (κ1) is 8.98. The summed E-state index contributed by atoms with van der Waals surface area (Å²) >= 11 is 0. The van der Waals surface area contributed by atoms with Crippen LogP contribution < -0.4 is 0 Å².